The van der Waals surface area contributed by atoms with Crippen LogP contribution in [0.15, 0.2) is 22.6 Å². The molecule has 0 saturated carbocycles. The average molecular weight is 282 g/mol. The molecule has 100 valence electrons. The molecule has 0 radical (unpaired) electrons. The van der Waals surface area contributed by atoms with Crippen molar-refractivity contribution in [2.45, 2.75) is 13.8 Å². The number of benzene rings is 1. The van der Waals surface area contributed by atoms with E-state index in [1.807, 2.05) is 6.92 Å². The zero-order chi connectivity index (χ0) is 14.0. The van der Waals surface area contributed by atoms with Crippen LogP contribution in [0.3, 0.4) is 0 Å². The van der Waals surface area contributed by atoms with Gasteiger partial charge in [0.05, 0.1) is 6.61 Å². The van der Waals surface area contributed by atoms with Gasteiger partial charge >= 0.3 is 11.9 Å². The fourth-order valence-electron chi connectivity index (χ4n) is 1.62. The third-order valence-electron chi connectivity index (χ3n) is 2.57. The van der Waals surface area contributed by atoms with E-state index in [-0.39, 0.29) is 17.5 Å². The molecule has 0 aliphatic heterocycles. The van der Waals surface area contributed by atoms with Crippen molar-refractivity contribution in [3.63, 3.8) is 0 Å². The number of carboxylic acids is 1. The number of ether oxygens (including phenoxy) is 1. The number of nitrogens with zero attached hydrogens (tertiary/aromatic N) is 1. The lowest BCUT2D eigenvalue weighted by atomic mass is 10.1. The van der Waals surface area contributed by atoms with Crippen LogP contribution in [-0.2, 0) is 0 Å². The summed E-state index contributed by atoms with van der Waals surface area (Å²) in [6.45, 7) is 3.84. The van der Waals surface area contributed by atoms with Crippen LogP contribution in [-0.4, -0.2) is 22.7 Å². The third-order valence-corrected chi connectivity index (χ3v) is 2.98. The molecule has 2 rings (SSSR count). The zero-order valence-corrected chi connectivity index (χ0v) is 11.2. The molecule has 0 bridgehead atoms. The topological polar surface area (TPSA) is 72.6 Å². The van der Waals surface area contributed by atoms with Gasteiger partial charge in [-0.2, -0.15) is 4.98 Å². The molecule has 5 nitrogen and oxygen atoms in total. The molecule has 19 heavy (non-hydrogen) atoms. The highest BCUT2D eigenvalue weighted by molar-refractivity contribution is 6.31. The summed E-state index contributed by atoms with van der Waals surface area (Å²) in [5, 5.41) is 9.61. The number of aromatic nitrogens is 1. The van der Waals surface area contributed by atoms with E-state index >= 15 is 0 Å². The Balaban J connectivity index is 2.54. The molecule has 2 aromatic rings. The molecule has 1 aromatic heterocycles. The summed E-state index contributed by atoms with van der Waals surface area (Å²) in [7, 11) is 0. The second-order valence-corrected chi connectivity index (χ2v) is 4.21. The van der Waals surface area contributed by atoms with Crippen LogP contribution < -0.4 is 4.74 Å². The van der Waals surface area contributed by atoms with Gasteiger partial charge < -0.3 is 14.3 Å². The van der Waals surface area contributed by atoms with Crippen molar-refractivity contribution >= 4 is 17.6 Å². The summed E-state index contributed by atoms with van der Waals surface area (Å²) >= 11 is 6.02. The molecule has 1 aromatic carbocycles. The molecule has 0 aliphatic carbocycles. The van der Waals surface area contributed by atoms with Crippen LogP contribution in [0.1, 0.15) is 23.0 Å². The predicted molar refractivity (Wildman–Crippen MR) is 69.8 cm³/mol. The summed E-state index contributed by atoms with van der Waals surface area (Å²) < 4.78 is 10.5. The Hall–Kier alpha value is -2.01. The standard InChI is InChI=1S/C13H12ClNO4/c1-3-18-13-10(12(16)17)15-11(19-13)8-5-4-6-9(14)7(8)2/h4-6H,3H2,1-2H3,(H,16,17). The minimum Gasteiger partial charge on any atom is -0.476 e. The van der Waals surface area contributed by atoms with Crippen molar-refractivity contribution in [2.24, 2.45) is 0 Å². The van der Waals surface area contributed by atoms with Crippen LogP contribution in [0.25, 0.3) is 11.5 Å². The average Bonchev–Trinajstić information content (AvgIpc) is 2.77. The van der Waals surface area contributed by atoms with Crippen molar-refractivity contribution in [3.05, 3.63) is 34.5 Å². The van der Waals surface area contributed by atoms with Gasteiger partial charge in [-0.25, -0.2) is 4.79 Å². The predicted octanol–water partition coefficient (Wildman–Crippen LogP) is 3.40. The molecular formula is C13H12ClNO4. The monoisotopic (exact) mass is 281 g/mol. The number of carboxylic acid groups (broad SMARTS) is 1. The van der Waals surface area contributed by atoms with Crippen LogP contribution in [0.2, 0.25) is 5.02 Å². The number of hydrogen-bond acceptors (Lipinski definition) is 4. The highest BCUT2D eigenvalue weighted by Gasteiger charge is 2.22. The Morgan fingerprint density at radius 1 is 1.53 bits per heavy atom. The van der Waals surface area contributed by atoms with E-state index in [1.54, 1.807) is 25.1 Å². The molecule has 6 heteroatoms. The first-order valence-corrected chi connectivity index (χ1v) is 6.04. The first-order valence-electron chi connectivity index (χ1n) is 5.67. The maximum absolute atomic E-state index is 11.1. The highest BCUT2D eigenvalue weighted by Crippen LogP contribution is 2.32. The second-order valence-electron chi connectivity index (χ2n) is 3.81. The molecule has 1 N–H and O–H groups in total. The number of rotatable bonds is 4. The van der Waals surface area contributed by atoms with Crippen molar-refractivity contribution < 1.29 is 19.1 Å². The van der Waals surface area contributed by atoms with Crippen molar-refractivity contribution in [1.29, 1.82) is 0 Å². The quantitative estimate of drug-likeness (QED) is 0.930. The summed E-state index contributed by atoms with van der Waals surface area (Å²) in [5.41, 5.74) is 1.17. The Morgan fingerprint density at radius 2 is 2.26 bits per heavy atom. The summed E-state index contributed by atoms with van der Waals surface area (Å²) in [6, 6.07) is 5.24. The Morgan fingerprint density at radius 3 is 2.89 bits per heavy atom. The molecule has 0 spiro atoms. The minimum atomic E-state index is -1.20. The maximum atomic E-state index is 11.1. The van der Waals surface area contributed by atoms with Gasteiger partial charge in [0.1, 0.15) is 0 Å². The fourth-order valence-corrected chi connectivity index (χ4v) is 1.80. The summed E-state index contributed by atoms with van der Waals surface area (Å²) in [6.07, 6.45) is 0. The van der Waals surface area contributed by atoms with E-state index in [9.17, 15) is 4.79 Å². The van der Waals surface area contributed by atoms with Crippen molar-refractivity contribution in [2.75, 3.05) is 6.61 Å². The first-order chi connectivity index (χ1) is 9.04. The van der Waals surface area contributed by atoms with Crippen LogP contribution >= 0.6 is 11.6 Å². The smallest absolute Gasteiger partial charge is 0.362 e. The lowest BCUT2D eigenvalue weighted by Crippen LogP contribution is -2.01. The van der Waals surface area contributed by atoms with Gasteiger partial charge in [-0.05, 0) is 31.5 Å². The molecule has 0 fully saturated rings. The van der Waals surface area contributed by atoms with Gasteiger partial charge in [0.25, 0.3) is 0 Å². The van der Waals surface area contributed by atoms with E-state index in [0.717, 1.165) is 5.56 Å². The molecule has 0 unspecified atom stereocenters. The Kier molecular flexibility index (Phi) is 3.76. The summed E-state index contributed by atoms with van der Waals surface area (Å²) in [4.78, 5) is 15.0. The van der Waals surface area contributed by atoms with E-state index in [1.165, 1.54) is 0 Å². The van der Waals surface area contributed by atoms with E-state index in [4.69, 9.17) is 25.9 Å². The maximum Gasteiger partial charge on any atom is 0.362 e. The normalized spacial score (nSPS) is 10.5. The number of halogens is 1. The summed E-state index contributed by atoms with van der Waals surface area (Å²) in [5.74, 6) is -1.11. The Labute approximate surface area is 114 Å². The molecule has 1 heterocycles. The van der Waals surface area contributed by atoms with Gasteiger partial charge in [-0.15, -0.1) is 0 Å². The largest absolute Gasteiger partial charge is 0.476 e. The number of hydrogen-bond donors (Lipinski definition) is 1. The zero-order valence-electron chi connectivity index (χ0n) is 10.4. The van der Waals surface area contributed by atoms with Gasteiger partial charge in [0.2, 0.25) is 11.6 Å². The van der Waals surface area contributed by atoms with Crippen molar-refractivity contribution in [3.8, 4) is 17.4 Å². The first kappa shape index (κ1) is 13.4. The highest BCUT2D eigenvalue weighted by atomic mass is 35.5. The number of aromatic carboxylic acids is 1. The molecule has 0 atom stereocenters. The van der Waals surface area contributed by atoms with E-state index in [0.29, 0.717) is 17.2 Å². The van der Waals surface area contributed by atoms with E-state index in [2.05, 4.69) is 4.98 Å². The number of oxazole rings is 1. The van der Waals surface area contributed by atoms with Crippen LogP contribution in [0.5, 0.6) is 5.95 Å². The lowest BCUT2D eigenvalue weighted by molar-refractivity contribution is 0.0683. The molecule has 0 amide bonds. The van der Waals surface area contributed by atoms with E-state index < -0.39 is 5.97 Å². The lowest BCUT2D eigenvalue weighted by Gasteiger charge is -2.02. The second kappa shape index (κ2) is 5.32. The van der Waals surface area contributed by atoms with Gasteiger partial charge in [0, 0.05) is 10.6 Å². The molecule has 0 saturated heterocycles. The fraction of sp³-hybridized carbons (Fsp3) is 0.231. The minimum absolute atomic E-state index is 0.0932. The molecular weight excluding hydrogens is 270 g/mol. The van der Waals surface area contributed by atoms with Gasteiger partial charge in [-0.1, -0.05) is 17.7 Å². The molecule has 0 aliphatic rings. The number of carbonyl (C=O) groups is 1. The van der Waals surface area contributed by atoms with Crippen LogP contribution in [0.4, 0.5) is 0 Å². The Bertz CT molecular complexity index is 621. The van der Waals surface area contributed by atoms with Crippen LogP contribution in [0, 0.1) is 6.92 Å². The third kappa shape index (κ3) is 2.56. The SMILES string of the molecule is CCOc1oc(-c2cccc(Cl)c2C)nc1C(=O)O. The van der Waals surface area contributed by atoms with Gasteiger partial charge in [0.15, 0.2) is 0 Å². The van der Waals surface area contributed by atoms with Crippen molar-refractivity contribution in [1.82, 2.24) is 4.98 Å². The van der Waals surface area contributed by atoms with Gasteiger partial charge in [-0.3, -0.25) is 0 Å².